The lowest BCUT2D eigenvalue weighted by atomic mass is 10.1. The number of para-hydroxylation sites is 2. The first kappa shape index (κ1) is 19.8. The summed E-state index contributed by atoms with van der Waals surface area (Å²) in [6, 6.07) is 20.3. The number of phenolic OH excluding ortho intramolecular Hbond substituents is 1. The van der Waals surface area contributed by atoms with Gasteiger partial charge < -0.3 is 19.3 Å². The molecule has 0 aliphatic carbocycles. The summed E-state index contributed by atoms with van der Waals surface area (Å²) < 4.78 is 18.1. The van der Waals surface area contributed by atoms with E-state index in [0.717, 1.165) is 10.0 Å². The average Bonchev–Trinajstić information content (AvgIpc) is 3.21. The van der Waals surface area contributed by atoms with Crippen molar-refractivity contribution in [1.29, 1.82) is 0 Å². The molecule has 2 N–H and O–H groups in total. The minimum absolute atomic E-state index is 0.0532. The molecule has 30 heavy (non-hydrogen) atoms. The van der Waals surface area contributed by atoms with Crippen LogP contribution in [0.1, 0.15) is 5.56 Å². The van der Waals surface area contributed by atoms with Gasteiger partial charge in [0, 0.05) is 16.1 Å². The van der Waals surface area contributed by atoms with Gasteiger partial charge in [-0.15, -0.1) is 0 Å². The highest BCUT2D eigenvalue weighted by Gasteiger charge is 2.16. The smallest absolute Gasteiger partial charge is 0.173 e. The molecular weight excluding hydrogens is 448 g/mol. The Labute approximate surface area is 182 Å². The predicted molar refractivity (Wildman–Crippen MR) is 117 cm³/mol. The second-order valence-electron chi connectivity index (χ2n) is 6.46. The van der Waals surface area contributed by atoms with Crippen LogP contribution in [0, 0.1) is 0 Å². The zero-order chi connectivity index (χ0) is 20.9. The maximum atomic E-state index is 10.6. The molecule has 0 fully saturated rings. The minimum atomic E-state index is 0.0532. The van der Waals surface area contributed by atoms with Gasteiger partial charge in [-0.2, -0.15) is 5.10 Å². The van der Waals surface area contributed by atoms with E-state index in [0.29, 0.717) is 40.9 Å². The molecule has 152 valence electrons. The van der Waals surface area contributed by atoms with Crippen LogP contribution < -0.4 is 14.2 Å². The van der Waals surface area contributed by atoms with Crippen LogP contribution in [0.5, 0.6) is 28.7 Å². The van der Waals surface area contributed by atoms with Gasteiger partial charge >= 0.3 is 0 Å². The SMILES string of the molecule is COc1ccccc1Oc1cn[nH]c1-c1ccc(OCc2ccc(Br)cc2)cc1O. The van der Waals surface area contributed by atoms with Gasteiger partial charge in [0.2, 0.25) is 0 Å². The fraction of sp³-hybridized carbons (Fsp3) is 0.0870. The summed E-state index contributed by atoms with van der Waals surface area (Å²) in [5, 5.41) is 17.5. The molecule has 0 aliphatic heterocycles. The van der Waals surface area contributed by atoms with E-state index < -0.39 is 0 Å². The molecule has 0 amide bonds. The van der Waals surface area contributed by atoms with Gasteiger partial charge in [0.05, 0.1) is 13.3 Å². The summed E-state index contributed by atoms with van der Waals surface area (Å²) in [6.45, 7) is 0.401. The molecule has 7 heteroatoms. The molecule has 1 heterocycles. The molecule has 0 unspecified atom stereocenters. The zero-order valence-electron chi connectivity index (χ0n) is 16.1. The number of hydrogen-bond acceptors (Lipinski definition) is 5. The molecule has 0 spiro atoms. The third kappa shape index (κ3) is 4.41. The largest absolute Gasteiger partial charge is 0.507 e. The highest BCUT2D eigenvalue weighted by Crippen LogP contribution is 2.39. The van der Waals surface area contributed by atoms with Gasteiger partial charge in [0.15, 0.2) is 17.2 Å². The Morgan fingerprint density at radius 1 is 0.967 bits per heavy atom. The quantitative estimate of drug-likeness (QED) is 0.353. The summed E-state index contributed by atoms with van der Waals surface area (Å²) in [5.74, 6) is 2.24. The van der Waals surface area contributed by atoms with E-state index >= 15 is 0 Å². The first-order valence-corrected chi connectivity index (χ1v) is 9.98. The van der Waals surface area contributed by atoms with Crippen molar-refractivity contribution in [3.8, 4) is 40.0 Å². The van der Waals surface area contributed by atoms with Crippen LogP contribution in [0.2, 0.25) is 0 Å². The van der Waals surface area contributed by atoms with Gasteiger partial charge in [-0.1, -0.05) is 40.2 Å². The van der Waals surface area contributed by atoms with Crippen molar-refractivity contribution in [2.75, 3.05) is 7.11 Å². The van der Waals surface area contributed by atoms with Crippen molar-refractivity contribution in [3.05, 3.63) is 83.0 Å². The molecule has 1 aromatic heterocycles. The second-order valence-corrected chi connectivity index (χ2v) is 7.37. The Morgan fingerprint density at radius 3 is 2.47 bits per heavy atom. The number of methoxy groups -OCH3 is 1. The van der Waals surface area contributed by atoms with Gasteiger partial charge in [0.1, 0.15) is 23.8 Å². The minimum Gasteiger partial charge on any atom is -0.507 e. The first-order chi connectivity index (χ1) is 14.6. The summed E-state index contributed by atoms with van der Waals surface area (Å²) in [4.78, 5) is 0. The molecule has 0 radical (unpaired) electrons. The van der Waals surface area contributed by atoms with Crippen molar-refractivity contribution in [3.63, 3.8) is 0 Å². The Bertz CT molecular complexity index is 1140. The van der Waals surface area contributed by atoms with E-state index in [4.69, 9.17) is 14.2 Å². The van der Waals surface area contributed by atoms with E-state index in [1.807, 2.05) is 42.5 Å². The fourth-order valence-corrected chi connectivity index (χ4v) is 3.19. The van der Waals surface area contributed by atoms with Crippen LogP contribution in [0.25, 0.3) is 11.3 Å². The highest BCUT2D eigenvalue weighted by molar-refractivity contribution is 9.10. The number of nitrogens with zero attached hydrogens (tertiary/aromatic N) is 1. The number of halogens is 1. The van der Waals surface area contributed by atoms with Crippen LogP contribution in [-0.4, -0.2) is 22.4 Å². The number of phenols is 1. The number of aromatic hydroxyl groups is 1. The lowest BCUT2D eigenvalue weighted by Crippen LogP contribution is -1.95. The van der Waals surface area contributed by atoms with Crippen LogP contribution in [0.3, 0.4) is 0 Å². The number of ether oxygens (including phenoxy) is 3. The molecule has 0 bridgehead atoms. The number of nitrogens with one attached hydrogen (secondary N) is 1. The predicted octanol–water partition coefficient (Wildman–Crippen LogP) is 5.92. The maximum Gasteiger partial charge on any atom is 0.173 e. The number of H-pyrrole nitrogens is 1. The monoisotopic (exact) mass is 466 g/mol. The second kappa shape index (κ2) is 8.92. The topological polar surface area (TPSA) is 76.6 Å². The Hall–Kier alpha value is -3.45. The molecule has 0 atom stereocenters. The van der Waals surface area contributed by atoms with Gasteiger partial charge in [0.25, 0.3) is 0 Å². The molecule has 0 saturated heterocycles. The third-order valence-electron chi connectivity index (χ3n) is 4.45. The van der Waals surface area contributed by atoms with Gasteiger partial charge in [-0.3, -0.25) is 5.10 Å². The van der Waals surface area contributed by atoms with E-state index in [9.17, 15) is 5.11 Å². The Balaban J connectivity index is 1.52. The lowest BCUT2D eigenvalue weighted by Gasteiger charge is -2.12. The van der Waals surface area contributed by atoms with E-state index in [2.05, 4.69) is 26.1 Å². The number of aromatic amines is 1. The van der Waals surface area contributed by atoms with E-state index in [1.165, 1.54) is 0 Å². The van der Waals surface area contributed by atoms with Crippen molar-refractivity contribution < 1.29 is 19.3 Å². The molecule has 3 aromatic carbocycles. The van der Waals surface area contributed by atoms with Crippen LogP contribution in [0.15, 0.2) is 77.4 Å². The molecule has 4 rings (SSSR count). The summed E-state index contributed by atoms with van der Waals surface area (Å²) >= 11 is 3.41. The Kier molecular flexibility index (Phi) is 5.90. The molecule has 0 aliphatic rings. The number of benzene rings is 3. The van der Waals surface area contributed by atoms with Crippen molar-refractivity contribution in [1.82, 2.24) is 10.2 Å². The van der Waals surface area contributed by atoms with Crippen molar-refractivity contribution in [2.45, 2.75) is 6.61 Å². The summed E-state index contributed by atoms with van der Waals surface area (Å²) in [7, 11) is 1.58. The third-order valence-corrected chi connectivity index (χ3v) is 4.98. The number of aromatic nitrogens is 2. The van der Waals surface area contributed by atoms with Crippen molar-refractivity contribution >= 4 is 15.9 Å². The van der Waals surface area contributed by atoms with Crippen molar-refractivity contribution in [2.24, 2.45) is 0 Å². The first-order valence-electron chi connectivity index (χ1n) is 9.19. The van der Waals surface area contributed by atoms with Crippen LogP contribution in [-0.2, 0) is 6.61 Å². The van der Waals surface area contributed by atoms with Gasteiger partial charge in [-0.05, 0) is 42.0 Å². The number of rotatable bonds is 7. The zero-order valence-corrected chi connectivity index (χ0v) is 17.7. The Morgan fingerprint density at radius 2 is 1.73 bits per heavy atom. The van der Waals surface area contributed by atoms with Gasteiger partial charge in [-0.25, -0.2) is 0 Å². The standard InChI is InChI=1S/C23H19BrN2O4/c1-28-20-4-2-3-5-21(20)30-22-13-25-26-23(22)18-11-10-17(12-19(18)27)29-14-15-6-8-16(24)9-7-15/h2-13,27H,14H2,1H3,(H,25,26). The summed E-state index contributed by atoms with van der Waals surface area (Å²) in [6.07, 6.45) is 1.55. The normalized spacial score (nSPS) is 10.6. The van der Waals surface area contributed by atoms with Crippen LogP contribution in [0.4, 0.5) is 0 Å². The number of hydrogen-bond donors (Lipinski definition) is 2. The molecule has 6 nitrogen and oxygen atoms in total. The highest BCUT2D eigenvalue weighted by atomic mass is 79.9. The fourth-order valence-electron chi connectivity index (χ4n) is 2.93. The van der Waals surface area contributed by atoms with E-state index in [1.54, 1.807) is 37.6 Å². The maximum absolute atomic E-state index is 10.6. The van der Waals surface area contributed by atoms with E-state index in [-0.39, 0.29) is 5.75 Å². The molecule has 0 saturated carbocycles. The molecular formula is C23H19BrN2O4. The van der Waals surface area contributed by atoms with Crippen LogP contribution >= 0.6 is 15.9 Å². The average molecular weight is 467 g/mol. The lowest BCUT2D eigenvalue weighted by molar-refractivity contribution is 0.304. The molecule has 4 aromatic rings. The summed E-state index contributed by atoms with van der Waals surface area (Å²) in [5.41, 5.74) is 2.13.